The minimum atomic E-state index is 0.625. The molecular weight excluding hydrogens is 250 g/mol. The Morgan fingerprint density at radius 2 is 1.90 bits per heavy atom. The number of nitrogens with two attached hydrogens (primary N) is 1. The molecule has 0 saturated heterocycles. The summed E-state index contributed by atoms with van der Waals surface area (Å²) in [6.07, 6.45) is 2.03. The van der Waals surface area contributed by atoms with Crippen molar-refractivity contribution >= 4 is 5.82 Å². The highest BCUT2D eigenvalue weighted by molar-refractivity contribution is 5.71. The largest absolute Gasteiger partial charge is 0.383 e. The summed E-state index contributed by atoms with van der Waals surface area (Å²) in [5.41, 5.74) is 9.35. The molecule has 1 heterocycles. The van der Waals surface area contributed by atoms with Gasteiger partial charge in [0.05, 0.1) is 6.61 Å². The number of rotatable bonds is 6. The van der Waals surface area contributed by atoms with E-state index in [1.54, 1.807) is 7.11 Å². The van der Waals surface area contributed by atoms with Gasteiger partial charge in [-0.2, -0.15) is 0 Å². The number of nitrogens with zero attached hydrogens (tertiary/aromatic N) is 2. The Morgan fingerprint density at radius 3 is 2.45 bits per heavy atom. The van der Waals surface area contributed by atoms with Crippen LogP contribution in [0.4, 0.5) is 5.82 Å². The van der Waals surface area contributed by atoms with E-state index in [1.807, 2.05) is 0 Å². The van der Waals surface area contributed by atoms with E-state index in [2.05, 4.69) is 42.7 Å². The van der Waals surface area contributed by atoms with Crippen LogP contribution in [0, 0.1) is 0 Å². The highest BCUT2D eigenvalue weighted by Gasteiger charge is 2.14. The average molecular weight is 273 g/mol. The van der Waals surface area contributed by atoms with Gasteiger partial charge in [-0.05, 0) is 18.9 Å². The molecule has 2 N–H and O–H groups in total. The lowest BCUT2D eigenvalue weighted by Gasteiger charge is -2.05. The molecule has 0 radical (unpaired) electrons. The van der Waals surface area contributed by atoms with Crippen molar-refractivity contribution in [2.45, 2.75) is 39.8 Å². The van der Waals surface area contributed by atoms with Crippen LogP contribution in [-0.4, -0.2) is 16.7 Å². The Hall–Kier alpha value is -1.81. The van der Waals surface area contributed by atoms with E-state index >= 15 is 0 Å². The molecule has 1 aromatic heterocycles. The summed E-state index contributed by atoms with van der Waals surface area (Å²) in [5.74, 6) is 1.83. The predicted octanol–water partition coefficient (Wildman–Crippen LogP) is 3.25. The summed E-state index contributed by atoms with van der Waals surface area (Å²) in [7, 11) is 1.70. The molecular formula is C16H23N3O. The van der Waals surface area contributed by atoms with Crippen LogP contribution in [0.25, 0.3) is 11.3 Å². The highest BCUT2D eigenvalue weighted by atomic mass is 16.5. The normalized spacial score (nSPS) is 10.9. The fourth-order valence-electron chi connectivity index (χ4n) is 2.42. The molecule has 0 spiro atoms. The maximum atomic E-state index is 6.25. The second kappa shape index (κ2) is 6.57. The van der Waals surface area contributed by atoms with Gasteiger partial charge in [0.25, 0.3) is 0 Å². The van der Waals surface area contributed by atoms with Crippen LogP contribution in [0.2, 0.25) is 0 Å². The molecule has 0 aliphatic carbocycles. The third kappa shape index (κ3) is 2.85. The molecule has 4 heteroatoms. The molecule has 0 saturated carbocycles. The second-order valence-electron chi connectivity index (χ2n) is 4.89. The fraction of sp³-hybridized carbons (Fsp3) is 0.438. The number of hydrogen-bond acceptors (Lipinski definition) is 3. The maximum Gasteiger partial charge on any atom is 0.131 e. The van der Waals surface area contributed by atoms with Crippen molar-refractivity contribution < 1.29 is 4.74 Å². The molecule has 108 valence electrons. The average Bonchev–Trinajstić information content (AvgIpc) is 2.77. The number of nitrogen functional groups attached to an aromatic ring is 1. The van der Waals surface area contributed by atoms with Crippen LogP contribution in [-0.2, 0) is 24.3 Å². The van der Waals surface area contributed by atoms with Gasteiger partial charge in [-0.15, -0.1) is 0 Å². The molecule has 4 nitrogen and oxygen atoms in total. The minimum absolute atomic E-state index is 0.625. The van der Waals surface area contributed by atoms with Crippen molar-refractivity contribution in [2.75, 3.05) is 12.8 Å². The lowest BCUT2D eigenvalue weighted by molar-refractivity contribution is 0.185. The zero-order valence-electron chi connectivity index (χ0n) is 12.5. The van der Waals surface area contributed by atoms with Crippen LogP contribution >= 0.6 is 0 Å². The maximum absolute atomic E-state index is 6.25. The molecule has 0 aliphatic rings. The monoisotopic (exact) mass is 273 g/mol. The molecule has 0 amide bonds. The van der Waals surface area contributed by atoms with Gasteiger partial charge < -0.3 is 15.0 Å². The van der Waals surface area contributed by atoms with E-state index < -0.39 is 0 Å². The Labute approximate surface area is 120 Å². The van der Waals surface area contributed by atoms with E-state index in [1.165, 1.54) is 0 Å². The van der Waals surface area contributed by atoms with E-state index in [0.717, 1.165) is 47.8 Å². The Balaban J connectivity index is 2.36. The third-order valence-corrected chi connectivity index (χ3v) is 3.41. The summed E-state index contributed by atoms with van der Waals surface area (Å²) in [6, 6.07) is 8.23. The Kier molecular flexibility index (Phi) is 4.79. The Morgan fingerprint density at radius 1 is 1.20 bits per heavy atom. The van der Waals surface area contributed by atoms with E-state index in [9.17, 15) is 0 Å². The standard InChI is InChI=1S/C16H23N3O/c1-4-6-14-18-15(16(17)19(14)5-2)13-9-7-12(8-10-13)11-20-3/h7-10H,4-6,11,17H2,1-3H3. The first-order valence-corrected chi connectivity index (χ1v) is 7.14. The van der Waals surface area contributed by atoms with Gasteiger partial charge in [0.2, 0.25) is 0 Å². The molecule has 2 aromatic rings. The van der Waals surface area contributed by atoms with Gasteiger partial charge in [0.15, 0.2) is 0 Å². The number of imidazole rings is 1. The topological polar surface area (TPSA) is 53.1 Å². The quantitative estimate of drug-likeness (QED) is 0.879. The number of aromatic nitrogens is 2. The van der Waals surface area contributed by atoms with Crippen LogP contribution in [0.3, 0.4) is 0 Å². The first-order valence-electron chi connectivity index (χ1n) is 7.14. The van der Waals surface area contributed by atoms with Crippen LogP contribution in [0.1, 0.15) is 31.7 Å². The van der Waals surface area contributed by atoms with Gasteiger partial charge in [0.1, 0.15) is 17.3 Å². The van der Waals surface area contributed by atoms with E-state index in [4.69, 9.17) is 15.5 Å². The number of benzene rings is 1. The minimum Gasteiger partial charge on any atom is -0.383 e. The summed E-state index contributed by atoms with van der Waals surface area (Å²) in [5, 5.41) is 0. The van der Waals surface area contributed by atoms with Gasteiger partial charge in [-0.1, -0.05) is 31.2 Å². The summed E-state index contributed by atoms with van der Waals surface area (Å²) in [6.45, 7) is 5.74. The molecule has 0 bridgehead atoms. The number of methoxy groups -OCH3 is 1. The zero-order chi connectivity index (χ0) is 14.5. The Bertz CT molecular complexity index is 558. The molecule has 1 aromatic carbocycles. The zero-order valence-corrected chi connectivity index (χ0v) is 12.5. The predicted molar refractivity (Wildman–Crippen MR) is 82.5 cm³/mol. The summed E-state index contributed by atoms with van der Waals surface area (Å²) < 4.78 is 7.22. The van der Waals surface area contributed by atoms with Crippen molar-refractivity contribution in [1.82, 2.24) is 9.55 Å². The fourth-order valence-corrected chi connectivity index (χ4v) is 2.42. The lowest BCUT2D eigenvalue weighted by atomic mass is 10.1. The van der Waals surface area contributed by atoms with E-state index in [0.29, 0.717) is 6.61 Å². The van der Waals surface area contributed by atoms with Crippen molar-refractivity contribution in [2.24, 2.45) is 0 Å². The van der Waals surface area contributed by atoms with Crippen LogP contribution in [0.5, 0.6) is 0 Å². The van der Waals surface area contributed by atoms with Crippen molar-refractivity contribution in [3.05, 3.63) is 35.7 Å². The summed E-state index contributed by atoms with van der Waals surface area (Å²) in [4.78, 5) is 4.72. The molecule has 0 fully saturated rings. The van der Waals surface area contributed by atoms with Crippen LogP contribution in [0.15, 0.2) is 24.3 Å². The first kappa shape index (κ1) is 14.6. The number of ether oxygens (including phenoxy) is 1. The van der Waals surface area contributed by atoms with Gasteiger partial charge >= 0.3 is 0 Å². The first-order chi connectivity index (χ1) is 9.71. The van der Waals surface area contributed by atoms with Crippen molar-refractivity contribution in [3.8, 4) is 11.3 Å². The van der Waals surface area contributed by atoms with Crippen molar-refractivity contribution in [3.63, 3.8) is 0 Å². The number of hydrogen-bond donors (Lipinski definition) is 1. The molecule has 20 heavy (non-hydrogen) atoms. The number of aryl methyl sites for hydroxylation is 1. The highest BCUT2D eigenvalue weighted by Crippen LogP contribution is 2.27. The van der Waals surface area contributed by atoms with Gasteiger partial charge in [-0.25, -0.2) is 4.98 Å². The molecule has 2 rings (SSSR count). The smallest absolute Gasteiger partial charge is 0.131 e. The van der Waals surface area contributed by atoms with Gasteiger partial charge in [0, 0.05) is 25.6 Å². The lowest BCUT2D eigenvalue weighted by Crippen LogP contribution is -2.05. The summed E-state index contributed by atoms with van der Waals surface area (Å²) >= 11 is 0. The molecule has 0 aliphatic heterocycles. The van der Waals surface area contributed by atoms with Crippen LogP contribution < -0.4 is 5.73 Å². The molecule has 0 unspecified atom stereocenters. The molecule has 0 atom stereocenters. The van der Waals surface area contributed by atoms with E-state index in [-0.39, 0.29) is 0 Å². The van der Waals surface area contributed by atoms with Crippen molar-refractivity contribution in [1.29, 1.82) is 0 Å². The second-order valence-corrected chi connectivity index (χ2v) is 4.89. The number of anilines is 1. The van der Waals surface area contributed by atoms with Gasteiger partial charge in [-0.3, -0.25) is 0 Å². The third-order valence-electron chi connectivity index (χ3n) is 3.41. The SMILES string of the molecule is CCCc1nc(-c2ccc(COC)cc2)c(N)n1CC.